The molecular weight excluding hydrogens is 1040 g/mol. The van der Waals surface area contributed by atoms with Crippen LogP contribution < -0.4 is 37.2 Å². The molecule has 3 aromatic rings. The SMILES string of the molecule is CCCCCCOC(=O)NCCCC[C@@H]1NC(=O)[C@@H](Cc2cn(C(=O)OCCCCCC)c3ccccc23)NC(=O)[C@H](Cc2ccccc2)NC(=O)CCSSC[C@@H](C(=O)N[C@H](CO)[C@@H](C)O)NC(=O)[C@](C)(C(C)O)NC1=O. The molecule has 2 aromatic carbocycles. The Kier molecular flexibility index (Phi) is 28.3. The summed E-state index contributed by atoms with van der Waals surface area (Å²) in [5.41, 5.74) is -0.509. The number of fused-ring (bicyclic) bond motifs is 1. The van der Waals surface area contributed by atoms with Crippen LogP contribution in [-0.4, -0.2) is 153 Å². The third-order valence-corrected chi connectivity index (χ3v) is 15.8. The quantitative estimate of drug-likeness (QED) is 0.0442. The summed E-state index contributed by atoms with van der Waals surface area (Å²) in [7, 11) is 2.32. The monoisotopic (exact) mass is 1130 g/mol. The molecule has 10 N–H and O–H groups in total. The maximum Gasteiger partial charge on any atom is 0.418 e. The third kappa shape index (κ3) is 21.1. The number of alkyl carbamates (subject to hydrolysis) is 1. The van der Waals surface area contributed by atoms with Gasteiger partial charge in [-0.05, 0) is 70.1 Å². The molecule has 0 saturated carbocycles. The molecule has 1 saturated heterocycles. The molecule has 7 amide bonds. The van der Waals surface area contributed by atoms with Crippen LogP contribution in [-0.2, 0) is 51.1 Å². The Hall–Kier alpha value is -5.88. The van der Waals surface area contributed by atoms with Crippen LogP contribution in [0, 0.1) is 0 Å². The lowest BCUT2D eigenvalue weighted by Crippen LogP contribution is -2.68. The minimum Gasteiger partial charge on any atom is -0.450 e. The number of nitrogens with one attached hydrogen (secondary N) is 7. The highest BCUT2D eigenvalue weighted by Crippen LogP contribution is 2.26. The lowest BCUT2D eigenvalue weighted by atomic mass is 9.93. The number of carbonyl (C=O) groups excluding carboxylic acids is 8. The van der Waals surface area contributed by atoms with Crippen LogP contribution in [0.3, 0.4) is 0 Å². The molecule has 23 heteroatoms. The Bertz CT molecular complexity index is 2410. The molecule has 0 spiro atoms. The summed E-state index contributed by atoms with van der Waals surface area (Å²) in [5, 5.41) is 50.8. The van der Waals surface area contributed by atoms with Crippen LogP contribution in [0.1, 0.15) is 123 Å². The maximum atomic E-state index is 15.0. The van der Waals surface area contributed by atoms with E-state index in [9.17, 15) is 48.9 Å². The number of hydrogen-bond donors (Lipinski definition) is 10. The minimum atomic E-state index is -2.15. The fourth-order valence-corrected chi connectivity index (χ4v) is 10.5. The van der Waals surface area contributed by atoms with Crippen LogP contribution in [0.15, 0.2) is 60.8 Å². The Morgan fingerprint density at radius 3 is 2.05 bits per heavy atom. The van der Waals surface area contributed by atoms with Crippen molar-refractivity contribution in [3.63, 3.8) is 0 Å². The van der Waals surface area contributed by atoms with Crippen LogP contribution >= 0.6 is 21.6 Å². The van der Waals surface area contributed by atoms with Gasteiger partial charge in [0.15, 0.2) is 0 Å². The average molecular weight is 1130 g/mol. The molecule has 4 rings (SSSR count). The van der Waals surface area contributed by atoms with Crippen molar-refractivity contribution in [3.05, 3.63) is 71.9 Å². The van der Waals surface area contributed by atoms with Gasteiger partial charge in [0, 0.05) is 48.9 Å². The van der Waals surface area contributed by atoms with Crippen LogP contribution in [0.25, 0.3) is 10.9 Å². The smallest absolute Gasteiger partial charge is 0.418 e. The number of benzene rings is 2. The predicted octanol–water partition coefficient (Wildman–Crippen LogP) is 4.31. The maximum absolute atomic E-state index is 15.0. The first-order valence-corrected chi connectivity index (χ1v) is 29.7. The molecule has 1 aromatic heterocycles. The molecular formula is C55H82N8O13S2. The topological polar surface area (TPSA) is 305 Å². The number of ether oxygens (including phenoxy) is 2. The van der Waals surface area contributed by atoms with E-state index in [4.69, 9.17) is 9.47 Å². The fraction of sp³-hybridized carbons (Fsp3) is 0.600. The number of nitrogens with zero attached hydrogens (tertiary/aromatic N) is 1. The fourth-order valence-electron chi connectivity index (χ4n) is 8.40. The minimum absolute atomic E-state index is 0.0270. The Labute approximate surface area is 465 Å². The largest absolute Gasteiger partial charge is 0.450 e. The lowest BCUT2D eigenvalue weighted by Gasteiger charge is -2.35. The van der Waals surface area contributed by atoms with Gasteiger partial charge in [-0.3, -0.25) is 33.3 Å². The van der Waals surface area contributed by atoms with Crippen molar-refractivity contribution >= 4 is 80.1 Å². The van der Waals surface area contributed by atoms with E-state index in [0.29, 0.717) is 34.9 Å². The average Bonchev–Trinajstić information content (AvgIpc) is 3.78. The zero-order valence-electron chi connectivity index (χ0n) is 45.6. The van der Waals surface area contributed by atoms with Crippen molar-refractivity contribution in [1.82, 2.24) is 41.8 Å². The molecule has 1 aliphatic rings. The van der Waals surface area contributed by atoms with Crippen LogP contribution in [0.2, 0.25) is 0 Å². The molecule has 0 bridgehead atoms. The number of hydrogen-bond acceptors (Lipinski definition) is 15. The number of aromatic nitrogens is 1. The number of amides is 7. The molecule has 1 unspecified atom stereocenters. The van der Waals surface area contributed by atoms with Gasteiger partial charge in [0.1, 0.15) is 29.7 Å². The van der Waals surface area contributed by atoms with Gasteiger partial charge in [0.25, 0.3) is 0 Å². The first-order chi connectivity index (χ1) is 37.4. The zero-order valence-corrected chi connectivity index (χ0v) is 47.3. The van der Waals surface area contributed by atoms with Crippen molar-refractivity contribution in [2.45, 2.75) is 172 Å². The molecule has 78 heavy (non-hydrogen) atoms. The second kappa shape index (κ2) is 34.2. The molecule has 0 aliphatic carbocycles. The van der Waals surface area contributed by atoms with E-state index in [1.807, 2.05) is 0 Å². The molecule has 8 atom stereocenters. The van der Waals surface area contributed by atoms with Crippen molar-refractivity contribution in [1.29, 1.82) is 0 Å². The van der Waals surface area contributed by atoms with Crippen molar-refractivity contribution in [2.75, 3.05) is 37.9 Å². The number of carbonyl (C=O) groups is 8. The van der Waals surface area contributed by atoms with E-state index in [0.717, 1.165) is 55.7 Å². The van der Waals surface area contributed by atoms with E-state index in [2.05, 4.69) is 51.1 Å². The summed E-state index contributed by atoms with van der Waals surface area (Å²) < 4.78 is 12.3. The summed E-state index contributed by atoms with van der Waals surface area (Å²) in [6.07, 6.45) is 4.90. The number of aliphatic hydroxyl groups is 3. The van der Waals surface area contributed by atoms with E-state index in [1.54, 1.807) is 54.6 Å². The number of aliphatic hydroxyl groups excluding tert-OH is 3. The van der Waals surface area contributed by atoms with Crippen molar-refractivity contribution < 1.29 is 63.1 Å². The number of unbranched alkanes of at least 4 members (excludes halogenated alkanes) is 7. The first kappa shape index (κ1) is 64.6. The highest BCUT2D eigenvalue weighted by molar-refractivity contribution is 8.76. The molecule has 0 radical (unpaired) electrons. The Morgan fingerprint density at radius 1 is 0.756 bits per heavy atom. The van der Waals surface area contributed by atoms with Gasteiger partial charge in [-0.25, -0.2) is 9.59 Å². The van der Waals surface area contributed by atoms with Gasteiger partial charge in [0.05, 0.1) is 43.6 Å². The van der Waals surface area contributed by atoms with Gasteiger partial charge < -0.3 is 62.0 Å². The van der Waals surface area contributed by atoms with Gasteiger partial charge in [-0.15, -0.1) is 0 Å². The molecule has 1 aliphatic heterocycles. The lowest BCUT2D eigenvalue weighted by molar-refractivity contribution is -0.141. The highest BCUT2D eigenvalue weighted by Gasteiger charge is 2.43. The number of rotatable bonds is 24. The number of para-hydroxylation sites is 1. The summed E-state index contributed by atoms with van der Waals surface area (Å²) in [5.74, 6) is -4.71. The van der Waals surface area contributed by atoms with E-state index < -0.39 is 102 Å². The summed E-state index contributed by atoms with van der Waals surface area (Å²) in [4.78, 5) is 112. The Balaban J connectivity index is 1.78. The van der Waals surface area contributed by atoms with Gasteiger partial charge in [-0.2, -0.15) is 0 Å². The third-order valence-electron chi connectivity index (χ3n) is 13.4. The van der Waals surface area contributed by atoms with Gasteiger partial charge in [0.2, 0.25) is 35.4 Å². The summed E-state index contributed by atoms with van der Waals surface area (Å²) >= 11 is 0. The highest BCUT2D eigenvalue weighted by atomic mass is 33.1. The van der Waals surface area contributed by atoms with E-state index in [1.165, 1.54) is 42.3 Å². The van der Waals surface area contributed by atoms with E-state index >= 15 is 4.79 Å². The van der Waals surface area contributed by atoms with Gasteiger partial charge >= 0.3 is 12.2 Å². The van der Waals surface area contributed by atoms with Crippen molar-refractivity contribution in [3.8, 4) is 0 Å². The van der Waals surface area contributed by atoms with Crippen molar-refractivity contribution in [2.24, 2.45) is 0 Å². The Morgan fingerprint density at radius 2 is 1.40 bits per heavy atom. The standard InChI is InChI=1S/C55H82N8O13S2/c1-6-8-10-19-28-75-53(73)56-27-18-17-24-41-51(71)62-55(5,37(4)66)52(72)61-45(50(70)60-44(34-64)36(3)65)35-78-77-30-26-47(67)57-42(31-38-21-13-12-14-22-38)48(68)59-43(49(69)58-41)32-39-33-63(46-25-16-15-23-40(39)46)54(74)76-29-20-11-9-7-2/h12-16,21-23,25,33,36-37,41-45,64-66H,6-11,17-20,24,26-32,34-35H2,1-5H3,(H,56,73)(H,57,67)(H,58,69)(H,59,68)(H,60,70)(H,61,72)(H,62,71)/t36-,37?,41+,42+,43-,44-,45+,55+/m1/s1. The molecule has 1 fully saturated rings. The van der Waals surface area contributed by atoms with Gasteiger partial charge in [-0.1, -0.05) is 122 Å². The molecule has 2 heterocycles. The van der Waals surface area contributed by atoms with Crippen LogP contribution in [0.4, 0.5) is 9.59 Å². The molecule has 21 nitrogen and oxygen atoms in total. The molecule has 432 valence electrons. The first-order valence-electron chi connectivity index (χ1n) is 27.2. The summed E-state index contributed by atoms with van der Waals surface area (Å²) in [6, 6.07) is 9.35. The second-order valence-corrected chi connectivity index (χ2v) is 22.4. The normalized spacial score (nSPS) is 21.4. The predicted molar refractivity (Wildman–Crippen MR) is 300 cm³/mol. The summed E-state index contributed by atoms with van der Waals surface area (Å²) in [6.45, 7) is 7.99. The second-order valence-electron chi connectivity index (χ2n) is 19.8. The van der Waals surface area contributed by atoms with Crippen LogP contribution in [0.5, 0.6) is 0 Å². The zero-order chi connectivity index (χ0) is 57.0. The van der Waals surface area contributed by atoms with E-state index in [-0.39, 0.29) is 63.4 Å².